The molecule has 0 unspecified atom stereocenters. The van der Waals surface area contributed by atoms with Gasteiger partial charge in [-0.3, -0.25) is 15.0 Å². The lowest BCUT2D eigenvalue weighted by Crippen LogP contribution is -2.13. The molecule has 0 N–H and O–H groups in total. The number of rotatable bonds is 0. The number of nitrogens with zero attached hydrogens (tertiary/aromatic N) is 3. The van der Waals surface area contributed by atoms with Gasteiger partial charge < -0.3 is 0 Å². The number of aromatic nitrogens is 3. The molecule has 0 bridgehead atoms. The minimum absolute atomic E-state index is 0.129. The van der Waals surface area contributed by atoms with Crippen LogP contribution in [-0.2, 0) is 16.2 Å². The van der Waals surface area contributed by atoms with E-state index in [2.05, 4.69) is 150 Å². The van der Waals surface area contributed by atoms with Gasteiger partial charge in [0.2, 0.25) is 0 Å². The Balaban J connectivity index is 0.000000145. The van der Waals surface area contributed by atoms with Crippen molar-refractivity contribution in [2.45, 2.75) is 78.6 Å². The average Bonchev–Trinajstić information content (AvgIpc) is 2.95. The monoisotopic (exact) mass is 555 g/mol. The van der Waals surface area contributed by atoms with Crippen LogP contribution in [-0.4, -0.2) is 15.0 Å². The number of pyridine rings is 3. The third-order valence-corrected chi connectivity index (χ3v) is 7.17. The SMILES string of the molecule is CC(C)(C)c1ccc2ccccc2n1.CC(C)(C)c1ccc2ccccc2n1.CC(C)(C)c1cccc2cccnc12. The van der Waals surface area contributed by atoms with Crippen LogP contribution >= 0.6 is 0 Å². The smallest absolute Gasteiger partial charge is 0.0739 e. The highest BCUT2D eigenvalue weighted by Gasteiger charge is 2.17. The van der Waals surface area contributed by atoms with E-state index < -0.39 is 0 Å². The second-order valence-corrected chi connectivity index (χ2v) is 13.9. The zero-order valence-electron chi connectivity index (χ0n) is 26.7. The van der Waals surface area contributed by atoms with Crippen LogP contribution in [0.2, 0.25) is 0 Å². The summed E-state index contributed by atoms with van der Waals surface area (Å²) in [5.41, 5.74) is 7.33. The lowest BCUT2D eigenvalue weighted by molar-refractivity contribution is 0.571. The molecule has 0 radical (unpaired) electrons. The average molecular weight is 556 g/mol. The predicted molar refractivity (Wildman–Crippen MR) is 181 cm³/mol. The number of benzene rings is 3. The van der Waals surface area contributed by atoms with Crippen molar-refractivity contribution in [3.63, 3.8) is 0 Å². The van der Waals surface area contributed by atoms with Crippen molar-refractivity contribution in [1.29, 1.82) is 0 Å². The van der Waals surface area contributed by atoms with Gasteiger partial charge in [-0.25, -0.2) is 0 Å². The second kappa shape index (κ2) is 12.4. The number of fused-ring (bicyclic) bond motifs is 3. The van der Waals surface area contributed by atoms with Gasteiger partial charge in [-0.15, -0.1) is 0 Å². The Hall–Kier alpha value is -4.11. The van der Waals surface area contributed by atoms with Crippen LogP contribution in [0.1, 0.15) is 79.3 Å². The van der Waals surface area contributed by atoms with Gasteiger partial charge in [-0.2, -0.15) is 0 Å². The minimum atomic E-state index is 0.129. The highest BCUT2D eigenvalue weighted by Crippen LogP contribution is 2.28. The molecule has 0 amide bonds. The second-order valence-electron chi connectivity index (χ2n) is 13.9. The van der Waals surface area contributed by atoms with Crippen molar-refractivity contribution in [2.75, 3.05) is 0 Å². The van der Waals surface area contributed by atoms with E-state index in [-0.39, 0.29) is 16.2 Å². The quantitative estimate of drug-likeness (QED) is 0.187. The summed E-state index contributed by atoms with van der Waals surface area (Å²) in [7, 11) is 0. The first-order chi connectivity index (χ1) is 19.7. The molecule has 0 saturated carbocycles. The number of hydrogen-bond donors (Lipinski definition) is 0. The van der Waals surface area contributed by atoms with E-state index in [1.807, 2.05) is 36.5 Å². The van der Waals surface area contributed by atoms with Crippen molar-refractivity contribution in [1.82, 2.24) is 15.0 Å². The zero-order valence-corrected chi connectivity index (χ0v) is 26.7. The molecule has 3 heterocycles. The van der Waals surface area contributed by atoms with E-state index in [9.17, 15) is 0 Å². The fraction of sp³-hybridized carbons (Fsp3) is 0.308. The summed E-state index contributed by atoms with van der Waals surface area (Å²) in [4.78, 5) is 13.7. The third kappa shape index (κ3) is 7.79. The summed E-state index contributed by atoms with van der Waals surface area (Å²) in [5, 5.41) is 3.64. The standard InChI is InChI=1S/3C13H15N/c1-13(2,3)11-8-4-6-10-7-5-9-14-12(10)11;2*1-13(2,3)12-9-8-10-6-4-5-7-11(10)14-12/h3*4-9H,1-3H3. The molecule has 0 aliphatic rings. The molecule has 6 aromatic rings. The summed E-state index contributed by atoms with van der Waals surface area (Å²) >= 11 is 0. The van der Waals surface area contributed by atoms with Crippen LogP contribution in [0, 0.1) is 0 Å². The molecular weight excluding hydrogens is 510 g/mol. The Bertz CT molecular complexity index is 1680. The first-order valence-corrected chi connectivity index (χ1v) is 14.8. The Morgan fingerprint density at radius 2 is 0.857 bits per heavy atom. The molecule has 3 aromatic carbocycles. The van der Waals surface area contributed by atoms with E-state index >= 15 is 0 Å². The van der Waals surface area contributed by atoms with Crippen LogP contribution in [0.15, 0.2) is 109 Å². The molecule has 0 fully saturated rings. The molecule has 3 aromatic heterocycles. The molecule has 0 saturated heterocycles. The maximum absolute atomic E-state index is 4.65. The van der Waals surface area contributed by atoms with E-state index in [1.165, 1.54) is 21.7 Å². The highest BCUT2D eigenvalue weighted by atomic mass is 14.7. The largest absolute Gasteiger partial charge is 0.256 e. The molecule has 3 heteroatoms. The predicted octanol–water partition coefficient (Wildman–Crippen LogP) is 10.6. The van der Waals surface area contributed by atoms with Gasteiger partial charge in [0.15, 0.2) is 0 Å². The Morgan fingerprint density at radius 3 is 1.33 bits per heavy atom. The third-order valence-electron chi connectivity index (χ3n) is 7.17. The van der Waals surface area contributed by atoms with Crippen molar-refractivity contribution >= 4 is 32.7 Å². The lowest BCUT2D eigenvalue weighted by Gasteiger charge is -2.20. The first kappa shape index (κ1) is 30.8. The normalized spacial score (nSPS) is 11.9. The van der Waals surface area contributed by atoms with Crippen LogP contribution < -0.4 is 0 Å². The Morgan fingerprint density at radius 1 is 0.405 bits per heavy atom. The summed E-state index contributed by atoms with van der Waals surface area (Å²) in [5.74, 6) is 0. The van der Waals surface area contributed by atoms with E-state index in [1.54, 1.807) is 0 Å². The van der Waals surface area contributed by atoms with E-state index in [0.717, 1.165) is 27.9 Å². The molecule has 0 aliphatic heterocycles. The van der Waals surface area contributed by atoms with Crippen molar-refractivity contribution < 1.29 is 0 Å². The van der Waals surface area contributed by atoms with Gasteiger partial charge >= 0.3 is 0 Å². The first-order valence-electron chi connectivity index (χ1n) is 14.8. The molecule has 6 rings (SSSR count). The molecule has 0 atom stereocenters. The van der Waals surface area contributed by atoms with Gasteiger partial charge in [0, 0.05) is 44.6 Å². The van der Waals surface area contributed by atoms with Gasteiger partial charge in [0.1, 0.15) is 0 Å². The van der Waals surface area contributed by atoms with Crippen molar-refractivity contribution in [2.24, 2.45) is 0 Å². The maximum atomic E-state index is 4.65. The van der Waals surface area contributed by atoms with Gasteiger partial charge in [-0.1, -0.05) is 135 Å². The molecular formula is C39H45N3. The fourth-order valence-electron chi connectivity index (χ4n) is 4.68. The number of hydrogen-bond acceptors (Lipinski definition) is 3. The highest BCUT2D eigenvalue weighted by molar-refractivity contribution is 5.82. The molecule has 0 spiro atoms. The summed E-state index contributed by atoms with van der Waals surface area (Å²) in [6.45, 7) is 19.8. The van der Waals surface area contributed by atoms with Crippen LogP contribution in [0.4, 0.5) is 0 Å². The lowest BCUT2D eigenvalue weighted by atomic mass is 9.85. The summed E-state index contributed by atoms with van der Waals surface area (Å²) < 4.78 is 0. The number of para-hydroxylation sites is 3. The Kier molecular flexibility index (Phi) is 9.11. The van der Waals surface area contributed by atoms with E-state index in [0.29, 0.717) is 0 Å². The Labute approximate surface area is 252 Å². The molecule has 216 valence electrons. The molecule has 3 nitrogen and oxygen atoms in total. The van der Waals surface area contributed by atoms with Gasteiger partial charge in [-0.05, 0) is 41.3 Å². The maximum Gasteiger partial charge on any atom is 0.0739 e. The van der Waals surface area contributed by atoms with Crippen LogP contribution in [0.25, 0.3) is 32.7 Å². The van der Waals surface area contributed by atoms with Crippen LogP contribution in [0.5, 0.6) is 0 Å². The van der Waals surface area contributed by atoms with Crippen LogP contribution in [0.3, 0.4) is 0 Å². The summed E-state index contributed by atoms with van der Waals surface area (Å²) in [6, 6.07) is 35.4. The summed E-state index contributed by atoms with van der Waals surface area (Å²) in [6.07, 6.45) is 1.86. The molecule has 0 aliphatic carbocycles. The topological polar surface area (TPSA) is 38.7 Å². The van der Waals surface area contributed by atoms with E-state index in [4.69, 9.17) is 0 Å². The van der Waals surface area contributed by atoms with Gasteiger partial charge in [0.25, 0.3) is 0 Å². The fourth-order valence-corrected chi connectivity index (χ4v) is 4.68. The van der Waals surface area contributed by atoms with Crippen molar-refractivity contribution in [3.05, 3.63) is 126 Å². The van der Waals surface area contributed by atoms with Gasteiger partial charge in [0.05, 0.1) is 16.6 Å². The minimum Gasteiger partial charge on any atom is -0.256 e. The van der Waals surface area contributed by atoms with Crippen molar-refractivity contribution in [3.8, 4) is 0 Å². The molecule has 42 heavy (non-hydrogen) atoms. The zero-order chi connectivity index (χ0) is 30.5.